The summed E-state index contributed by atoms with van der Waals surface area (Å²) in [5.74, 6) is 2.27. The number of hydrogen-bond donors (Lipinski definition) is 2. The number of nitrogens with one attached hydrogen (secondary N) is 2. The lowest BCUT2D eigenvalue weighted by Gasteiger charge is -2.11. The second-order valence-corrected chi connectivity index (χ2v) is 4.85. The van der Waals surface area contributed by atoms with E-state index in [-0.39, 0.29) is 0 Å². The fourth-order valence-electron chi connectivity index (χ4n) is 2.13. The van der Waals surface area contributed by atoms with E-state index >= 15 is 0 Å². The lowest BCUT2D eigenvalue weighted by Crippen LogP contribution is -2.02. The number of anilines is 4. The van der Waals surface area contributed by atoms with Gasteiger partial charge in [0.05, 0.1) is 20.4 Å². The Balaban J connectivity index is 1.77. The molecule has 3 rings (SSSR count). The van der Waals surface area contributed by atoms with Crippen molar-refractivity contribution in [3.8, 4) is 11.5 Å². The number of rotatable bonds is 6. The number of methoxy groups -OCH3 is 2. The first-order chi connectivity index (χ1) is 11.8. The molecule has 2 aromatic carbocycles. The van der Waals surface area contributed by atoms with Crippen molar-refractivity contribution in [1.29, 1.82) is 0 Å². The Kier molecular flexibility index (Phi) is 4.71. The molecule has 0 aliphatic heterocycles. The predicted octanol–water partition coefficient (Wildman–Crippen LogP) is 3.38. The molecule has 122 valence electrons. The third kappa shape index (κ3) is 3.70. The largest absolute Gasteiger partial charge is 0.493 e. The lowest BCUT2D eigenvalue weighted by atomic mass is 10.2. The smallest absolute Gasteiger partial charge is 0.249 e. The minimum Gasteiger partial charge on any atom is -0.493 e. The molecule has 1 heterocycles. The molecule has 0 unspecified atom stereocenters. The normalized spacial score (nSPS) is 10.1. The third-order valence-electron chi connectivity index (χ3n) is 3.24. The van der Waals surface area contributed by atoms with Gasteiger partial charge in [0.25, 0.3) is 0 Å². The van der Waals surface area contributed by atoms with Gasteiger partial charge in [0, 0.05) is 17.4 Å². The summed E-state index contributed by atoms with van der Waals surface area (Å²) in [7, 11) is 3.19. The monoisotopic (exact) mass is 323 g/mol. The zero-order chi connectivity index (χ0) is 16.8. The lowest BCUT2D eigenvalue weighted by molar-refractivity contribution is 0.355. The highest BCUT2D eigenvalue weighted by molar-refractivity contribution is 5.62. The van der Waals surface area contributed by atoms with Crippen molar-refractivity contribution in [2.24, 2.45) is 0 Å². The Morgan fingerprint density at radius 2 is 1.62 bits per heavy atom. The molecular weight excluding hydrogens is 306 g/mol. The standard InChI is InChI=1S/C17H17N5O2/c1-23-14-9-8-13(10-15(14)24-2)19-16-11-18-22-17(21-16)20-12-6-4-3-5-7-12/h3-11H,1-2H3,(H2,19,20,21,22). The van der Waals surface area contributed by atoms with E-state index in [0.717, 1.165) is 11.4 Å². The summed E-state index contributed by atoms with van der Waals surface area (Å²) in [6, 6.07) is 15.2. The third-order valence-corrected chi connectivity index (χ3v) is 3.24. The van der Waals surface area contributed by atoms with Crippen molar-refractivity contribution in [3.63, 3.8) is 0 Å². The summed E-state index contributed by atoms with van der Waals surface area (Å²) in [5, 5.41) is 14.2. The number of para-hydroxylation sites is 1. The van der Waals surface area contributed by atoms with E-state index in [0.29, 0.717) is 23.3 Å². The Labute approximate surface area is 139 Å². The molecule has 0 aliphatic rings. The molecule has 1 aromatic heterocycles. The van der Waals surface area contributed by atoms with E-state index < -0.39 is 0 Å². The molecule has 0 saturated carbocycles. The average Bonchev–Trinajstić information content (AvgIpc) is 2.63. The summed E-state index contributed by atoms with van der Waals surface area (Å²) >= 11 is 0. The van der Waals surface area contributed by atoms with Crippen LogP contribution in [0.5, 0.6) is 11.5 Å². The quantitative estimate of drug-likeness (QED) is 0.719. The van der Waals surface area contributed by atoms with Gasteiger partial charge in [-0.3, -0.25) is 0 Å². The van der Waals surface area contributed by atoms with Crippen molar-refractivity contribution >= 4 is 23.1 Å². The van der Waals surface area contributed by atoms with Crippen LogP contribution < -0.4 is 20.1 Å². The zero-order valence-corrected chi connectivity index (χ0v) is 13.4. The first-order valence-corrected chi connectivity index (χ1v) is 7.29. The molecule has 0 bridgehead atoms. The molecule has 0 radical (unpaired) electrons. The summed E-state index contributed by atoms with van der Waals surface area (Å²) < 4.78 is 10.5. The highest BCUT2D eigenvalue weighted by Gasteiger charge is 2.06. The molecule has 0 aliphatic carbocycles. The first-order valence-electron chi connectivity index (χ1n) is 7.29. The maximum absolute atomic E-state index is 5.29. The van der Waals surface area contributed by atoms with Crippen molar-refractivity contribution < 1.29 is 9.47 Å². The van der Waals surface area contributed by atoms with Gasteiger partial charge in [0.1, 0.15) is 0 Å². The summed E-state index contributed by atoms with van der Waals surface area (Å²) in [6.45, 7) is 0. The number of hydrogen-bond acceptors (Lipinski definition) is 7. The van der Waals surface area contributed by atoms with Gasteiger partial charge >= 0.3 is 0 Å². The molecule has 2 N–H and O–H groups in total. The molecule has 3 aromatic rings. The topological polar surface area (TPSA) is 81.2 Å². The Bertz CT molecular complexity index is 811. The summed E-state index contributed by atoms with van der Waals surface area (Å²) in [4.78, 5) is 4.39. The Morgan fingerprint density at radius 3 is 2.38 bits per heavy atom. The molecule has 0 saturated heterocycles. The van der Waals surface area contributed by atoms with Gasteiger partial charge in [-0.15, -0.1) is 5.10 Å². The SMILES string of the molecule is COc1ccc(Nc2cnnc(Nc3ccccc3)n2)cc1OC. The van der Waals surface area contributed by atoms with Gasteiger partial charge in [-0.1, -0.05) is 18.2 Å². The van der Waals surface area contributed by atoms with Crippen LogP contribution in [-0.2, 0) is 0 Å². The van der Waals surface area contributed by atoms with Crippen LogP contribution in [0.2, 0.25) is 0 Å². The minimum absolute atomic E-state index is 0.409. The molecule has 0 atom stereocenters. The minimum atomic E-state index is 0.409. The van der Waals surface area contributed by atoms with E-state index in [1.54, 1.807) is 20.4 Å². The van der Waals surface area contributed by atoms with Crippen LogP contribution in [0.1, 0.15) is 0 Å². The van der Waals surface area contributed by atoms with Crippen molar-refractivity contribution in [2.45, 2.75) is 0 Å². The van der Waals surface area contributed by atoms with Crippen LogP contribution >= 0.6 is 0 Å². The van der Waals surface area contributed by atoms with Gasteiger partial charge in [-0.2, -0.15) is 10.1 Å². The van der Waals surface area contributed by atoms with Crippen LogP contribution in [-0.4, -0.2) is 29.4 Å². The van der Waals surface area contributed by atoms with Crippen LogP contribution in [0.4, 0.5) is 23.1 Å². The van der Waals surface area contributed by atoms with Gasteiger partial charge in [0.2, 0.25) is 5.95 Å². The fourth-order valence-corrected chi connectivity index (χ4v) is 2.13. The Morgan fingerprint density at radius 1 is 0.833 bits per heavy atom. The van der Waals surface area contributed by atoms with Crippen molar-refractivity contribution in [1.82, 2.24) is 15.2 Å². The van der Waals surface area contributed by atoms with Gasteiger partial charge in [0.15, 0.2) is 17.3 Å². The summed E-state index contributed by atoms with van der Waals surface area (Å²) in [5.41, 5.74) is 1.70. The molecule has 0 fully saturated rings. The van der Waals surface area contributed by atoms with Crippen LogP contribution in [0.15, 0.2) is 54.7 Å². The molecule has 7 nitrogen and oxygen atoms in total. The number of nitrogens with zero attached hydrogens (tertiary/aromatic N) is 3. The highest BCUT2D eigenvalue weighted by atomic mass is 16.5. The van der Waals surface area contributed by atoms with Crippen LogP contribution in [0.3, 0.4) is 0 Å². The fraction of sp³-hybridized carbons (Fsp3) is 0.118. The first kappa shape index (κ1) is 15.5. The van der Waals surface area contributed by atoms with E-state index in [1.807, 2.05) is 48.5 Å². The van der Waals surface area contributed by atoms with E-state index in [1.165, 1.54) is 0 Å². The highest BCUT2D eigenvalue weighted by Crippen LogP contribution is 2.30. The second kappa shape index (κ2) is 7.28. The predicted molar refractivity (Wildman–Crippen MR) is 92.4 cm³/mol. The van der Waals surface area contributed by atoms with Gasteiger partial charge in [-0.25, -0.2) is 0 Å². The molecule has 24 heavy (non-hydrogen) atoms. The van der Waals surface area contributed by atoms with Crippen molar-refractivity contribution in [2.75, 3.05) is 24.9 Å². The van der Waals surface area contributed by atoms with Gasteiger partial charge < -0.3 is 20.1 Å². The van der Waals surface area contributed by atoms with Crippen LogP contribution in [0.25, 0.3) is 0 Å². The van der Waals surface area contributed by atoms with Gasteiger partial charge in [-0.05, 0) is 24.3 Å². The van der Waals surface area contributed by atoms with Crippen LogP contribution in [0, 0.1) is 0 Å². The maximum atomic E-state index is 5.29. The second-order valence-electron chi connectivity index (χ2n) is 4.85. The molecule has 7 heteroatoms. The number of ether oxygens (including phenoxy) is 2. The van der Waals surface area contributed by atoms with E-state index in [4.69, 9.17) is 9.47 Å². The Hall–Kier alpha value is -3.35. The zero-order valence-electron chi connectivity index (χ0n) is 13.4. The number of aromatic nitrogens is 3. The summed E-state index contributed by atoms with van der Waals surface area (Å²) in [6.07, 6.45) is 1.55. The number of benzene rings is 2. The maximum Gasteiger partial charge on any atom is 0.249 e. The molecule has 0 amide bonds. The van der Waals surface area contributed by atoms with E-state index in [2.05, 4.69) is 25.8 Å². The van der Waals surface area contributed by atoms with E-state index in [9.17, 15) is 0 Å². The molecule has 0 spiro atoms. The molecular formula is C17H17N5O2. The average molecular weight is 323 g/mol. The van der Waals surface area contributed by atoms with Crippen molar-refractivity contribution in [3.05, 3.63) is 54.7 Å².